The highest BCUT2D eigenvalue weighted by Gasteiger charge is 2.16. The van der Waals surface area contributed by atoms with Gasteiger partial charge >= 0.3 is 0 Å². The third-order valence-electron chi connectivity index (χ3n) is 4.07. The van der Waals surface area contributed by atoms with E-state index in [9.17, 15) is 0 Å². The summed E-state index contributed by atoms with van der Waals surface area (Å²) >= 11 is 3.59. The Morgan fingerprint density at radius 1 is 1.05 bits per heavy atom. The van der Waals surface area contributed by atoms with E-state index in [2.05, 4.69) is 85.3 Å². The first-order valence-corrected chi connectivity index (χ1v) is 8.39. The Labute approximate surface area is 136 Å². The number of benzene rings is 2. The highest BCUT2D eigenvalue weighted by Crippen LogP contribution is 2.29. The molecule has 1 nitrogen and oxygen atoms in total. The van der Waals surface area contributed by atoms with Crippen LogP contribution in [0.5, 0.6) is 0 Å². The fraction of sp³-hybridized carbons (Fsp3) is 0.368. The molecule has 0 aromatic heterocycles. The Bertz CT molecular complexity index is 619. The third-order valence-corrected chi connectivity index (χ3v) is 4.96. The van der Waals surface area contributed by atoms with Crippen LogP contribution in [-0.4, -0.2) is 6.54 Å². The molecular weight excluding hydrogens is 322 g/mol. The van der Waals surface area contributed by atoms with Gasteiger partial charge in [-0.1, -0.05) is 53.2 Å². The van der Waals surface area contributed by atoms with Gasteiger partial charge in [-0.25, -0.2) is 0 Å². The topological polar surface area (TPSA) is 12.0 Å². The summed E-state index contributed by atoms with van der Waals surface area (Å²) in [6, 6.07) is 13.5. The average molecular weight is 346 g/mol. The first-order valence-electron chi connectivity index (χ1n) is 7.60. The number of nitrogens with one attached hydrogen (secondary N) is 1. The molecule has 2 rings (SSSR count). The zero-order chi connectivity index (χ0) is 15.4. The molecule has 0 saturated carbocycles. The van der Waals surface area contributed by atoms with Gasteiger partial charge in [0.25, 0.3) is 0 Å². The van der Waals surface area contributed by atoms with Crippen LogP contribution in [0.25, 0.3) is 0 Å². The van der Waals surface area contributed by atoms with Crippen molar-refractivity contribution in [3.63, 3.8) is 0 Å². The maximum absolute atomic E-state index is 3.70. The molecule has 0 saturated heterocycles. The summed E-state index contributed by atoms with van der Waals surface area (Å²) in [7, 11) is 0. The van der Waals surface area contributed by atoms with Crippen LogP contribution >= 0.6 is 15.9 Å². The van der Waals surface area contributed by atoms with Gasteiger partial charge in [0.05, 0.1) is 6.04 Å². The predicted octanol–water partition coefficient (Wildman–Crippen LogP) is 5.46. The van der Waals surface area contributed by atoms with Gasteiger partial charge in [0, 0.05) is 4.47 Å². The standard InChI is InChI=1S/C19H24BrN/c1-5-11-21-19(16-9-10-18(20)14(3)12-16)17-8-6-7-13(2)15(17)4/h6-10,12,19,21H,5,11H2,1-4H3. The van der Waals surface area contributed by atoms with Crippen molar-refractivity contribution in [1.82, 2.24) is 5.32 Å². The summed E-state index contributed by atoms with van der Waals surface area (Å²) in [5.41, 5.74) is 6.72. The molecule has 21 heavy (non-hydrogen) atoms. The lowest BCUT2D eigenvalue weighted by molar-refractivity contribution is 0.595. The molecule has 0 radical (unpaired) electrons. The summed E-state index contributed by atoms with van der Waals surface area (Å²) in [6.45, 7) is 9.78. The van der Waals surface area contributed by atoms with E-state index in [-0.39, 0.29) is 6.04 Å². The Morgan fingerprint density at radius 2 is 1.81 bits per heavy atom. The predicted molar refractivity (Wildman–Crippen MR) is 94.9 cm³/mol. The molecule has 1 N–H and O–H groups in total. The molecule has 112 valence electrons. The van der Waals surface area contributed by atoms with Crippen molar-refractivity contribution in [2.45, 2.75) is 40.2 Å². The molecule has 0 aliphatic rings. The van der Waals surface area contributed by atoms with E-state index in [0.29, 0.717) is 0 Å². The first-order chi connectivity index (χ1) is 10.0. The van der Waals surface area contributed by atoms with Crippen LogP contribution < -0.4 is 5.32 Å². The molecule has 0 spiro atoms. The van der Waals surface area contributed by atoms with E-state index < -0.39 is 0 Å². The molecule has 1 atom stereocenters. The van der Waals surface area contributed by atoms with Crippen LogP contribution in [0, 0.1) is 20.8 Å². The van der Waals surface area contributed by atoms with Gasteiger partial charge in [0.2, 0.25) is 0 Å². The fourth-order valence-corrected chi connectivity index (χ4v) is 2.88. The Kier molecular flexibility index (Phi) is 5.60. The number of aryl methyl sites for hydroxylation is 2. The van der Waals surface area contributed by atoms with Gasteiger partial charge in [-0.05, 0) is 67.6 Å². The summed E-state index contributed by atoms with van der Waals surface area (Å²) in [6.07, 6.45) is 1.14. The van der Waals surface area contributed by atoms with Crippen LogP contribution in [0.15, 0.2) is 40.9 Å². The molecule has 2 aromatic carbocycles. The van der Waals surface area contributed by atoms with Crippen LogP contribution in [0.4, 0.5) is 0 Å². The van der Waals surface area contributed by atoms with Crippen molar-refractivity contribution in [2.75, 3.05) is 6.54 Å². The van der Waals surface area contributed by atoms with E-state index in [4.69, 9.17) is 0 Å². The minimum absolute atomic E-state index is 0.261. The Morgan fingerprint density at radius 3 is 2.48 bits per heavy atom. The normalized spacial score (nSPS) is 12.4. The summed E-state index contributed by atoms with van der Waals surface area (Å²) in [5.74, 6) is 0. The Balaban J connectivity index is 2.47. The quantitative estimate of drug-likeness (QED) is 0.758. The maximum Gasteiger partial charge on any atom is 0.0579 e. The molecule has 0 bridgehead atoms. The van der Waals surface area contributed by atoms with E-state index in [1.807, 2.05) is 0 Å². The van der Waals surface area contributed by atoms with Gasteiger partial charge < -0.3 is 5.32 Å². The van der Waals surface area contributed by atoms with Crippen LogP contribution in [0.2, 0.25) is 0 Å². The zero-order valence-corrected chi connectivity index (χ0v) is 14.9. The van der Waals surface area contributed by atoms with E-state index in [1.54, 1.807) is 0 Å². The summed E-state index contributed by atoms with van der Waals surface area (Å²) in [4.78, 5) is 0. The van der Waals surface area contributed by atoms with Crippen LogP contribution in [0.1, 0.15) is 47.2 Å². The van der Waals surface area contributed by atoms with Crippen molar-refractivity contribution >= 4 is 15.9 Å². The van der Waals surface area contributed by atoms with Gasteiger partial charge in [-0.2, -0.15) is 0 Å². The minimum atomic E-state index is 0.261. The van der Waals surface area contributed by atoms with Gasteiger partial charge in [0.15, 0.2) is 0 Å². The van der Waals surface area contributed by atoms with E-state index in [1.165, 1.54) is 32.3 Å². The van der Waals surface area contributed by atoms with Crippen molar-refractivity contribution < 1.29 is 0 Å². The second-order valence-corrected chi connectivity index (χ2v) is 6.54. The second kappa shape index (κ2) is 7.24. The van der Waals surface area contributed by atoms with E-state index in [0.717, 1.165) is 13.0 Å². The zero-order valence-electron chi connectivity index (χ0n) is 13.3. The molecule has 0 amide bonds. The highest BCUT2D eigenvalue weighted by atomic mass is 79.9. The molecule has 0 aliphatic heterocycles. The number of hydrogen-bond acceptors (Lipinski definition) is 1. The third kappa shape index (κ3) is 3.75. The molecule has 1 unspecified atom stereocenters. The second-order valence-electron chi connectivity index (χ2n) is 5.68. The monoisotopic (exact) mass is 345 g/mol. The summed E-state index contributed by atoms with van der Waals surface area (Å²) in [5, 5.41) is 3.70. The van der Waals surface area contributed by atoms with Crippen molar-refractivity contribution in [3.8, 4) is 0 Å². The molecule has 2 heteroatoms. The van der Waals surface area contributed by atoms with Crippen molar-refractivity contribution in [3.05, 3.63) is 68.7 Å². The van der Waals surface area contributed by atoms with Crippen LogP contribution in [0.3, 0.4) is 0 Å². The maximum atomic E-state index is 3.70. The molecule has 2 aromatic rings. The lowest BCUT2D eigenvalue weighted by Crippen LogP contribution is -2.24. The molecule has 0 heterocycles. The average Bonchev–Trinajstić information content (AvgIpc) is 2.47. The fourth-order valence-electron chi connectivity index (χ4n) is 2.63. The number of hydrogen-bond donors (Lipinski definition) is 1. The van der Waals surface area contributed by atoms with Crippen molar-refractivity contribution in [2.24, 2.45) is 0 Å². The Hall–Kier alpha value is -1.12. The van der Waals surface area contributed by atoms with Crippen molar-refractivity contribution in [1.29, 1.82) is 0 Å². The lowest BCUT2D eigenvalue weighted by atomic mass is 9.92. The van der Waals surface area contributed by atoms with Gasteiger partial charge in [0.1, 0.15) is 0 Å². The van der Waals surface area contributed by atoms with Gasteiger partial charge in [-0.15, -0.1) is 0 Å². The minimum Gasteiger partial charge on any atom is -0.306 e. The number of rotatable bonds is 5. The molecular formula is C19H24BrN. The smallest absolute Gasteiger partial charge is 0.0579 e. The lowest BCUT2D eigenvalue weighted by Gasteiger charge is -2.23. The number of halogens is 1. The summed E-state index contributed by atoms with van der Waals surface area (Å²) < 4.78 is 1.17. The van der Waals surface area contributed by atoms with Gasteiger partial charge in [-0.3, -0.25) is 0 Å². The largest absolute Gasteiger partial charge is 0.306 e. The first kappa shape index (κ1) is 16.3. The van der Waals surface area contributed by atoms with Crippen LogP contribution in [-0.2, 0) is 0 Å². The molecule has 0 fully saturated rings. The highest BCUT2D eigenvalue weighted by molar-refractivity contribution is 9.10. The SMILES string of the molecule is CCCNC(c1ccc(Br)c(C)c1)c1cccc(C)c1C. The molecule has 0 aliphatic carbocycles. The van der Waals surface area contributed by atoms with E-state index >= 15 is 0 Å².